The van der Waals surface area contributed by atoms with Crippen molar-refractivity contribution in [2.75, 3.05) is 13.2 Å². The van der Waals surface area contributed by atoms with Gasteiger partial charge in [-0.3, -0.25) is 0 Å². The predicted molar refractivity (Wildman–Crippen MR) is 84.0 cm³/mol. The van der Waals surface area contributed by atoms with Crippen molar-refractivity contribution in [2.24, 2.45) is 11.8 Å². The van der Waals surface area contributed by atoms with Crippen molar-refractivity contribution in [3.05, 3.63) is 22.4 Å². The summed E-state index contributed by atoms with van der Waals surface area (Å²) in [6.45, 7) is 6.25. The first-order chi connectivity index (χ1) is 9.70. The first-order valence-corrected chi connectivity index (χ1v) is 8.60. The fourth-order valence-electron chi connectivity index (χ4n) is 3.15. The molecule has 1 fully saturated rings. The molecule has 0 aliphatic heterocycles. The van der Waals surface area contributed by atoms with Crippen LogP contribution in [0.3, 0.4) is 0 Å². The van der Waals surface area contributed by atoms with Crippen molar-refractivity contribution >= 4 is 11.3 Å². The molecule has 4 heteroatoms. The average Bonchev–Trinajstić information content (AvgIpc) is 3.06. The number of ether oxygens (including phenoxy) is 1. The third-order valence-electron chi connectivity index (χ3n) is 4.50. The Morgan fingerprint density at radius 2 is 2.35 bits per heavy atom. The molecule has 4 atom stereocenters. The van der Waals surface area contributed by atoms with E-state index in [1.807, 2.05) is 11.4 Å². The van der Waals surface area contributed by atoms with Crippen LogP contribution in [0.4, 0.5) is 0 Å². The van der Waals surface area contributed by atoms with Crippen LogP contribution in [-0.2, 0) is 11.3 Å². The van der Waals surface area contributed by atoms with Crippen LogP contribution in [0.2, 0.25) is 0 Å². The first kappa shape index (κ1) is 16.0. The number of hydrogen-bond acceptors (Lipinski definition) is 4. The van der Waals surface area contributed by atoms with Crippen molar-refractivity contribution in [2.45, 2.75) is 51.9 Å². The van der Waals surface area contributed by atoms with E-state index in [-0.39, 0.29) is 0 Å². The van der Waals surface area contributed by atoms with Crippen molar-refractivity contribution in [1.82, 2.24) is 5.32 Å². The minimum atomic E-state index is -0.414. The number of thiophene rings is 1. The second-order valence-corrected chi connectivity index (χ2v) is 6.90. The molecule has 1 aliphatic rings. The van der Waals surface area contributed by atoms with Crippen LogP contribution in [0, 0.1) is 11.8 Å². The maximum atomic E-state index is 9.96. The molecule has 1 heterocycles. The van der Waals surface area contributed by atoms with E-state index >= 15 is 0 Å². The zero-order valence-electron chi connectivity index (χ0n) is 12.5. The monoisotopic (exact) mass is 297 g/mol. The van der Waals surface area contributed by atoms with Crippen LogP contribution in [-0.4, -0.2) is 30.4 Å². The van der Waals surface area contributed by atoms with Crippen molar-refractivity contribution in [3.8, 4) is 0 Å². The van der Waals surface area contributed by atoms with Gasteiger partial charge in [-0.05, 0) is 36.1 Å². The lowest BCUT2D eigenvalue weighted by Gasteiger charge is -2.22. The Labute approximate surface area is 126 Å². The molecule has 1 aromatic rings. The third-order valence-corrected chi connectivity index (χ3v) is 5.35. The summed E-state index contributed by atoms with van der Waals surface area (Å²) in [5.41, 5.74) is 0. The van der Waals surface area contributed by atoms with Gasteiger partial charge in [-0.15, -0.1) is 11.3 Å². The van der Waals surface area contributed by atoms with E-state index < -0.39 is 6.10 Å². The average molecular weight is 297 g/mol. The van der Waals surface area contributed by atoms with E-state index in [2.05, 4.69) is 25.2 Å². The van der Waals surface area contributed by atoms with E-state index in [0.29, 0.717) is 25.8 Å². The van der Waals surface area contributed by atoms with Gasteiger partial charge in [0, 0.05) is 17.5 Å². The summed E-state index contributed by atoms with van der Waals surface area (Å²) in [6, 6.07) is 4.64. The zero-order chi connectivity index (χ0) is 14.4. The molecular weight excluding hydrogens is 270 g/mol. The molecule has 0 spiro atoms. The Balaban J connectivity index is 1.59. The quantitative estimate of drug-likeness (QED) is 0.775. The number of aliphatic hydroxyl groups is 1. The largest absolute Gasteiger partial charge is 0.389 e. The van der Waals surface area contributed by atoms with E-state index in [0.717, 1.165) is 11.8 Å². The van der Waals surface area contributed by atoms with Crippen molar-refractivity contribution < 1.29 is 9.84 Å². The highest BCUT2D eigenvalue weighted by Gasteiger charge is 2.31. The van der Waals surface area contributed by atoms with Gasteiger partial charge in [-0.25, -0.2) is 0 Å². The van der Waals surface area contributed by atoms with Crippen LogP contribution in [0.1, 0.15) is 38.0 Å². The highest BCUT2D eigenvalue weighted by atomic mass is 32.1. The second-order valence-electron chi connectivity index (χ2n) is 5.87. The molecule has 1 saturated carbocycles. The van der Waals surface area contributed by atoms with Crippen LogP contribution in [0.15, 0.2) is 17.5 Å². The smallest absolute Gasteiger partial charge is 0.0897 e. The lowest BCUT2D eigenvalue weighted by Crippen LogP contribution is -2.39. The minimum Gasteiger partial charge on any atom is -0.389 e. The van der Waals surface area contributed by atoms with E-state index in [1.165, 1.54) is 24.1 Å². The number of rotatable bonds is 8. The molecule has 3 nitrogen and oxygen atoms in total. The molecule has 0 radical (unpaired) electrons. The molecule has 0 bridgehead atoms. The van der Waals surface area contributed by atoms with E-state index in [4.69, 9.17) is 4.74 Å². The molecule has 2 rings (SSSR count). The van der Waals surface area contributed by atoms with Crippen molar-refractivity contribution in [1.29, 1.82) is 0 Å². The van der Waals surface area contributed by atoms with Gasteiger partial charge in [0.05, 0.1) is 19.3 Å². The van der Waals surface area contributed by atoms with Crippen molar-refractivity contribution in [3.63, 3.8) is 0 Å². The maximum Gasteiger partial charge on any atom is 0.0897 e. The van der Waals surface area contributed by atoms with Crippen LogP contribution >= 0.6 is 11.3 Å². The fourth-order valence-corrected chi connectivity index (χ4v) is 3.79. The van der Waals surface area contributed by atoms with E-state index in [9.17, 15) is 5.11 Å². The van der Waals surface area contributed by atoms with Gasteiger partial charge in [-0.1, -0.05) is 26.3 Å². The Kier molecular flexibility index (Phi) is 6.49. The molecule has 4 unspecified atom stereocenters. The SMILES string of the molecule is CCC1CCC(NCC(O)COCc2cccs2)C1C. The van der Waals surface area contributed by atoms with Gasteiger partial charge in [0.2, 0.25) is 0 Å². The molecular formula is C16H27NO2S. The predicted octanol–water partition coefficient (Wildman–Crippen LogP) is 3.04. The number of nitrogens with one attached hydrogen (secondary N) is 1. The third kappa shape index (κ3) is 4.55. The van der Waals surface area contributed by atoms with Crippen LogP contribution < -0.4 is 5.32 Å². The first-order valence-electron chi connectivity index (χ1n) is 7.72. The molecule has 20 heavy (non-hydrogen) atoms. The molecule has 0 saturated heterocycles. The summed E-state index contributed by atoms with van der Waals surface area (Å²) in [5, 5.41) is 15.5. The number of hydrogen-bond donors (Lipinski definition) is 2. The van der Waals surface area contributed by atoms with Crippen LogP contribution in [0.25, 0.3) is 0 Å². The fraction of sp³-hybridized carbons (Fsp3) is 0.750. The molecule has 0 amide bonds. The molecule has 1 aromatic heterocycles. The van der Waals surface area contributed by atoms with Gasteiger partial charge in [0.1, 0.15) is 0 Å². The summed E-state index contributed by atoms with van der Waals surface area (Å²) >= 11 is 1.69. The highest BCUT2D eigenvalue weighted by Crippen LogP contribution is 2.33. The summed E-state index contributed by atoms with van der Waals surface area (Å²) in [5.74, 6) is 1.57. The Hall–Kier alpha value is -0.420. The van der Waals surface area contributed by atoms with Gasteiger partial charge in [0.25, 0.3) is 0 Å². The normalized spacial score (nSPS) is 27.9. The summed E-state index contributed by atoms with van der Waals surface area (Å²) in [7, 11) is 0. The second kappa shape index (κ2) is 8.13. The Bertz CT molecular complexity index is 369. The van der Waals surface area contributed by atoms with Crippen LogP contribution in [0.5, 0.6) is 0 Å². The lowest BCUT2D eigenvalue weighted by atomic mass is 9.93. The summed E-state index contributed by atoms with van der Waals surface area (Å²) in [6.07, 6.45) is 3.41. The molecule has 2 N–H and O–H groups in total. The Morgan fingerprint density at radius 1 is 1.50 bits per heavy atom. The standard InChI is InChI=1S/C16H27NO2S/c1-3-13-6-7-16(12(13)2)17-9-14(18)10-19-11-15-5-4-8-20-15/h4-5,8,12-14,16-18H,3,6-7,9-11H2,1-2H3. The van der Waals surface area contributed by atoms with Gasteiger partial charge in [0.15, 0.2) is 0 Å². The lowest BCUT2D eigenvalue weighted by molar-refractivity contribution is 0.0279. The summed E-state index contributed by atoms with van der Waals surface area (Å²) in [4.78, 5) is 1.21. The highest BCUT2D eigenvalue weighted by molar-refractivity contribution is 7.09. The van der Waals surface area contributed by atoms with Gasteiger partial charge in [-0.2, -0.15) is 0 Å². The molecule has 0 aromatic carbocycles. The molecule has 1 aliphatic carbocycles. The number of aliphatic hydroxyl groups excluding tert-OH is 1. The van der Waals surface area contributed by atoms with Gasteiger partial charge < -0.3 is 15.2 Å². The molecule has 114 valence electrons. The maximum absolute atomic E-state index is 9.96. The topological polar surface area (TPSA) is 41.5 Å². The minimum absolute atomic E-state index is 0.406. The van der Waals surface area contributed by atoms with Gasteiger partial charge >= 0.3 is 0 Å². The Morgan fingerprint density at radius 3 is 3.00 bits per heavy atom. The van der Waals surface area contributed by atoms with E-state index in [1.54, 1.807) is 11.3 Å². The summed E-state index contributed by atoms with van der Waals surface area (Å²) < 4.78 is 5.54. The zero-order valence-corrected chi connectivity index (χ0v) is 13.4.